The van der Waals surface area contributed by atoms with Gasteiger partial charge in [-0.3, -0.25) is 4.90 Å². The van der Waals surface area contributed by atoms with Crippen molar-refractivity contribution in [1.29, 1.82) is 0 Å². The van der Waals surface area contributed by atoms with Gasteiger partial charge in [0.05, 0.1) is 24.3 Å². The zero-order chi connectivity index (χ0) is 35.1. The summed E-state index contributed by atoms with van der Waals surface area (Å²) in [5.74, 6) is -0.348. The van der Waals surface area contributed by atoms with Crippen molar-refractivity contribution in [2.45, 2.75) is 95.3 Å². The number of halogens is 3. The largest absolute Gasteiger partial charge is 0.493 e. The molecule has 2 aliphatic heterocycles. The van der Waals surface area contributed by atoms with E-state index in [4.69, 9.17) is 49.0 Å². The topological polar surface area (TPSA) is 106 Å². The Labute approximate surface area is 291 Å². The minimum absolute atomic E-state index is 0.0143. The first-order chi connectivity index (χ1) is 21.7. The number of hydrogen-bond donors (Lipinski definition) is 1. The highest BCUT2D eigenvalue weighted by molar-refractivity contribution is 6.68. The average Bonchev–Trinajstić information content (AvgIpc) is 2.93. The van der Waals surface area contributed by atoms with Crippen LogP contribution in [0.2, 0.25) is 0 Å². The van der Waals surface area contributed by atoms with Gasteiger partial charge in [-0.25, -0.2) is 14.4 Å². The lowest BCUT2D eigenvalue weighted by atomic mass is 9.82. The summed E-state index contributed by atoms with van der Waals surface area (Å²) in [6.07, 6.45) is -0.633. The van der Waals surface area contributed by atoms with Crippen molar-refractivity contribution in [3.05, 3.63) is 69.8 Å². The average molecular weight is 710 g/mol. The number of rotatable bonds is 7. The highest BCUT2D eigenvalue weighted by Crippen LogP contribution is 2.43. The smallest absolute Gasteiger partial charge is 0.411 e. The Morgan fingerprint density at radius 3 is 2.13 bits per heavy atom. The van der Waals surface area contributed by atoms with Crippen LogP contribution in [0.25, 0.3) is 5.57 Å². The molecule has 0 aromatic heterocycles. The lowest BCUT2D eigenvalue weighted by Crippen LogP contribution is -2.65. The fourth-order valence-electron chi connectivity index (χ4n) is 5.84. The molecule has 2 atom stereocenters. The number of amides is 2. The molecule has 2 unspecified atom stereocenters. The van der Waals surface area contributed by atoms with Crippen molar-refractivity contribution < 1.29 is 33.7 Å². The standard InChI is InChI=1S/C35H43Cl3N2O7/c1-20-15-21(2)22(3)28(16-20)45-14-13-23-9-11-24(12-10-23)26-17-25-18-39(31(43)46-33(4,5)6)19-27(29(26)30(41)42)40(25)32(44)47-34(7,8)35(36,37)38/h9-12,15-16,25,27H,13-14,17-19H2,1-8H3,(H,41,42). The molecular weight excluding hydrogens is 667 g/mol. The Kier molecular flexibility index (Phi) is 10.7. The monoisotopic (exact) mass is 708 g/mol. The summed E-state index contributed by atoms with van der Waals surface area (Å²) in [4.78, 5) is 42.5. The van der Waals surface area contributed by atoms with Gasteiger partial charge >= 0.3 is 18.2 Å². The molecule has 1 saturated heterocycles. The van der Waals surface area contributed by atoms with Gasteiger partial charge in [-0.1, -0.05) is 65.1 Å². The van der Waals surface area contributed by atoms with Crippen LogP contribution in [0.1, 0.15) is 68.9 Å². The van der Waals surface area contributed by atoms with Crippen LogP contribution in [-0.2, 0) is 20.7 Å². The number of carbonyl (C=O) groups excluding carboxylic acids is 2. The maximum absolute atomic E-state index is 13.7. The molecule has 12 heteroatoms. The second kappa shape index (κ2) is 13.8. The molecule has 0 spiro atoms. The van der Waals surface area contributed by atoms with Gasteiger partial charge in [-0.15, -0.1) is 0 Å². The van der Waals surface area contributed by atoms with Gasteiger partial charge in [0.25, 0.3) is 0 Å². The van der Waals surface area contributed by atoms with E-state index in [0.717, 1.165) is 22.4 Å². The summed E-state index contributed by atoms with van der Waals surface area (Å²) in [7, 11) is 0. The van der Waals surface area contributed by atoms with Crippen LogP contribution in [0.3, 0.4) is 0 Å². The van der Waals surface area contributed by atoms with E-state index in [1.165, 1.54) is 29.2 Å². The number of benzene rings is 2. The predicted molar refractivity (Wildman–Crippen MR) is 184 cm³/mol. The fraction of sp³-hybridized carbons (Fsp3) is 0.514. The Balaban J connectivity index is 1.63. The molecule has 0 saturated carbocycles. The number of hydrogen-bond acceptors (Lipinski definition) is 6. The van der Waals surface area contributed by atoms with Crippen LogP contribution in [0, 0.1) is 20.8 Å². The quantitative estimate of drug-likeness (QED) is 0.290. The molecule has 2 amide bonds. The first-order valence-electron chi connectivity index (χ1n) is 15.5. The highest BCUT2D eigenvalue weighted by atomic mass is 35.6. The summed E-state index contributed by atoms with van der Waals surface area (Å²) >= 11 is 18.3. The third-order valence-electron chi connectivity index (χ3n) is 8.48. The van der Waals surface area contributed by atoms with Crippen LogP contribution in [0.15, 0.2) is 42.0 Å². The number of carboxylic acid groups (broad SMARTS) is 1. The van der Waals surface area contributed by atoms with Crippen molar-refractivity contribution in [1.82, 2.24) is 9.80 Å². The van der Waals surface area contributed by atoms with E-state index in [1.54, 1.807) is 20.8 Å². The molecular formula is C35H43Cl3N2O7. The lowest BCUT2D eigenvalue weighted by molar-refractivity contribution is -0.134. The van der Waals surface area contributed by atoms with Gasteiger partial charge in [0.1, 0.15) is 11.4 Å². The number of aliphatic carboxylic acids is 1. The number of carbonyl (C=O) groups is 3. The lowest BCUT2D eigenvalue weighted by Gasteiger charge is -2.50. The first kappa shape index (κ1) is 36.7. The highest BCUT2D eigenvalue weighted by Gasteiger charge is 2.51. The molecule has 47 heavy (non-hydrogen) atoms. The number of ether oxygens (including phenoxy) is 3. The molecule has 4 rings (SSSR count). The summed E-state index contributed by atoms with van der Waals surface area (Å²) in [6.45, 7) is 14.8. The van der Waals surface area contributed by atoms with E-state index in [-0.39, 0.29) is 25.1 Å². The maximum Gasteiger partial charge on any atom is 0.411 e. The van der Waals surface area contributed by atoms with Gasteiger partial charge in [-0.2, -0.15) is 0 Å². The van der Waals surface area contributed by atoms with Crippen LogP contribution >= 0.6 is 34.8 Å². The van der Waals surface area contributed by atoms with E-state index in [9.17, 15) is 19.5 Å². The number of fused-ring (bicyclic) bond motifs is 2. The first-order valence-corrected chi connectivity index (χ1v) is 16.6. The predicted octanol–water partition coefficient (Wildman–Crippen LogP) is 8.05. The molecule has 2 aromatic rings. The minimum atomic E-state index is -1.95. The molecule has 0 aliphatic carbocycles. The van der Waals surface area contributed by atoms with Crippen molar-refractivity contribution >= 4 is 58.5 Å². The number of carboxylic acids is 1. The zero-order valence-corrected chi connectivity index (χ0v) is 30.3. The van der Waals surface area contributed by atoms with Crippen molar-refractivity contribution in [2.75, 3.05) is 19.7 Å². The molecule has 2 aromatic carbocycles. The van der Waals surface area contributed by atoms with Crippen molar-refractivity contribution in [3.8, 4) is 5.75 Å². The Hall–Kier alpha value is -3.14. The van der Waals surface area contributed by atoms with Crippen molar-refractivity contribution in [3.63, 3.8) is 0 Å². The van der Waals surface area contributed by atoms with E-state index < -0.39 is 45.2 Å². The Morgan fingerprint density at radius 2 is 1.55 bits per heavy atom. The molecule has 2 heterocycles. The number of piperazine rings is 1. The summed E-state index contributed by atoms with van der Waals surface area (Å²) in [5, 5.41) is 10.5. The third kappa shape index (κ3) is 8.48. The summed E-state index contributed by atoms with van der Waals surface area (Å²) in [5.41, 5.74) is 3.44. The van der Waals surface area contributed by atoms with E-state index in [2.05, 4.69) is 13.0 Å². The maximum atomic E-state index is 13.7. The number of alkyl halides is 3. The van der Waals surface area contributed by atoms with Crippen LogP contribution in [-0.4, -0.2) is 79.8 Å². The second-order valence-electron chi connectivity index (χ2n) is 13.7. The van der Waals surface area contributed by atoms with E-state index in [0.29, 0.717) is 24.2 Å². The Morgan fingerprint density at radius 1 is 0.915 bits per heavy atom. The van der Waals surface area contributed by atoms with Gasteiger partial charge in [0.2, 0.25) is 3.79 Å². The molecule has 2 aliphatic rings. The SMILES string of the molecule is Cc1cc(C)c(C)c(OCCc2ccc(C3=C(C(=O)O)C4CN(C(=O)OC(C)(C)C)CC(C3)N4C(=O)OC(C)(C)C(Cl)(Cl)Cl)cc2)c1. The molecule has 256 valence electrons. The Bertz CT molecular complexity index is 1560. The normalized spacial score (nSPS) is 18.6. The zero-order valence-electron chi connectivity index (χ0n) is 28.1. The van der Waals surface area contributed by atoms with Gasteiger partial charge in [0, 0.05) is 19.5 Å². The summed E-state index contributed by atoms with van der Waals surface area (Å²) < 4.78 is 15.4. The van der Waals surface area contributed by atoms with Crippen LogP contribution < -0.4 is 4.74 Å². The van der Waals surface area contributed by atoms with E-state index in [1.807, 2.05) is 44.2 Å². The summed E-state index contributed by atoms with van der Waals surface area (Å²) in [6, 6.07) is 10.2. The van der Waals surface area contributed by atoms with Crippen LogP contribution in [0.4, 0.5) is 9.59 Å². The van der Waals surface area contributed by atoms with Gasteiger partial charge in [-0.05, 0) is 101 Å². The molecule has 1 fully saturated rings. The van der Waals surface area contributed by atoms with Gasteiger partial charge in [0.15, 0.2) is 5.60 Å². The molecule has 2 bridgehead atoms. The fourth-order valence-corrected chi connectivity index (χ4v) is 5.95. The van der Waals surface area contributed by atoms with Crippen LogP contribution in [0.5, 0.6) is 5.75 Å². The van der Waals surface area contributed by atoms with Gasteiger partial charge < -0.3 is 24.2 Å². The number of nitrogens with zero attached hydrogens (tertiary/aromatic N) is 2. The van der Waals surface area contributed by atoms with E-state index >= 15 is 0 Å². The second-order valence-corrected chi connectivity index (χ2v) is 16.0. The minimum Gasteiger partial charge on any atom is -0.493 e. The third-order valence-corrected chi connectivity index (χ3v) is 9.85. The van der Waals surface area contributed by atoms with Crippen molar-refractivity contribution in [2.24, 2.45) is 0 Å². The number of aryl methyl sites for hydroxylation is 2. The molecule has 9 nitrogen and oxygen atoms in total. The molecule has 0 radical (unpaired) electrons. The molecule has 1 N–H and O–H groups in total.